The summed E-state index contributed by atoms with van der Waals surface area (Å²) in [5.41, 5.74) is 3.64. The predicted molar refractivity (Wildman–Crippen MR) is 165 cm³/mol. The molecule has 1 fully saturated rings. The maximum atomic E-state index is 13.8. The number of aliphatic hydroxyl groups excluding tert-OH is 1. The van der Waals surface area contributed by atoms with Crippen molar-refractivity contribution in [1.82, 2.24) is 4.98 Å². The third kappa shape index (κ3) is 5.16. The minimum atomic E-state index is -0.977. The van der Waals surface area contributed by atoms with Crippen LogP contribution in [0.1, 0.15) is 48.6 Å². The van der Waals surface area contributed by atoms with Crippen LogP contribution >= 0.6 is 11.3 Å². The number of rotatable bonds is 8. The predicted octanol–water partition coefficient (Wildman–Crippen LogP) is 6.50. The molecular formula is C33H32N2O7S. The molecule has 6 rings (SSSR count). The Kier molecular flexibility index (Phi) is 7.70. The highest BCUT2D eigenvalue weighted by molar-refractivity contribution is 7.22. The number of carbonyl (C=O) groups excluding carboxylic acids is 2. The van der Waals surface area contributed by atoms with Crippen LogP contribution in [0.25, 0.3) is 16.0 Å². The number of ether oxygens (including phenoxy) is 4. The number of aliphatic hydroxyl groups is 1. The Bertz CT molecular complexity index is 1780. The van der Waals surface area contributed by atoms with E-state index in [2.05, 4.69) is 0 Å². The molecule has 9 nitrogen and oxygen atoms in total. The minimum Gasteiger partial charge on any atom is -0.507 e. The average molecular weight is 601 g/mol. The van der Waals surface area contributed by atoms with Crippen molar-refractivity contribution < 1.29 is 33.6 Å². The SMILES string of the molecule is CCCOc1ccc([C@H]2/C(=C(\O)c3ccc4c(c3)OCCO4)C(=O)C(=O)N2c2nc3c(C)cc(C)cc3s2)cc1OCC. The van der Waals surface area contributed by atoms with Crippen molar-refractivity contribution in [2.24, 2.45) is 0 Å². The number of carbonyl (C=O) groups is 2. The number of aromatic nitrogens is 1. The molecule has 1 amide bonds. The van der Waals surface area contributed by atoms with Gasteiger partial charge in [-0.2, -0.15) is 0 Å². The van der Waals surface area contributed by atoms with E-state index in [1.807, 2.05) is 39.8 Å². The zero-order chi connectivity index (χ0) is 30.2. The van der Waals surface area contributed by atoms with Crippen LogP contribution in [-0.2, 0) is 9.59 Å². The Morgan fingerprint density at radius 1 is 1.00 bits per heavy atom. The van der Waals surface area contributed by atoms with E-state index in [0.717, 1.165) is 27.8 Å². The molecule has 0 unspecified atom stereocenters. The van der Waals surface area contributed by atoms with Crippen molar-refractivity contribution in [1.29, 1.82) is 0 Å². The van der Waals surface area contributed by atoms with Gasteiger partial charge in [-0.15, -0.1) is 0 Å². The van der Waals surface area contributed by atoms with E-state index in [0.29, 0.717) is 65.7 Å². The molecule has 1 saturated heterocycles. The summed E-state index contributed by atoms with van der Waals surface area (Å²) in [4.78, 5) is 33.8. The molecule has 1 aromatic heterocycles. The van der Waals surface area contributed by atoms with Gasteiger partial charge in [-0.25, -0.2) is 4.98 Å². The highest BCUT2D eigenvalue weighted by atomic mass is 32.1. The summed E-state index contributed by atoms with van der Waals surface area (Å²) in [5.74, 6) is 0.130. The first-order valence-corrected chi connectivity index (χ1v) is 15.1. The van der Waals surface area contributed by atoms with Gasteiger partial charge in [0.05, 0.1) is 35.0 Å². The van der Waals surface area contributed by atoms with Crippen molar-refractivity contribution >= 4 is 44.1 Å². The van der Waals surface area contributed by atoms with Crippen LogP contribution < -0.4 is 23.8 Å². The van der Waals surface area contributed by atoms with E-state index < -0.39 is 17.7 Å². The van der Waals surface area contributed by atoms with Gasteiger partial charge in [-0.05, 0) is 80.3 Å². The second kappa shape index (κ2) is 11.6. The van der Waals surface area contributed by atoms with Gasteiger partial charge in [0.25, 0.3) is 5.78 Å². The standard InChI is InChI=1S/C33H32N2O7S/c1-5-11-40-22-9-7-20(16-24(22)39-6-2)29-27(30(36)21-8-10-23-25(17-21)42-13-12-41-23)31(37)32(38)35(29)33-34-28-19(4)14-18(3)15-26(28)43-33/h7-10,14-17,29,36H,5-6,11-13H2,1-4H3/b30-27+/t29-/m0/s1. The Labute approximate surface area is 253 Å². The second-order valence-electron chi connectivity index (χ2n) is 10.4. The normalized spacial score (nSPS) is 17.5. The van der Waals surface area contributed by atoms with Crippen LogP contribution in [0, 0.1) is 13.8 Å². The van der Waals surface area contributed by atoms with Crippen molar-refractivity contribution in [3.63, 3.8) is 0 Å². The van der Waals surface area contributed by atoms with Crippen molar-refractivity contribution in [2.75, 3.05) is 31.3 Å². The first-order chi connectivity index (χ1) is 20.8. The molecule has 222 valence electrons. The monoisotopic (exact) mass is 600 g/mol. The Morgan fingerprint density at radius 3 is 2.56 bits per heavy atom. The molecule has 10 heteroatoms. The number of hydrogen-bond donors (Lipinski definition) is 1. The Balaban J connectivity index is 1.55. The molecular weight excluding hydrogens is 568 g/mol. The van der Waals surface area contributed by atoms with Gasteiger partial charge in [-0.3, -0.25) is 14.5 Å². The summed E-state index contributed by atoms with van der Waals surface area (Å²) in [6.07, 6.45) is 0.819. The molecule has 0 aliphatic carbocycles. The first kappa shape index (κ1) is 28.5. The molecule has 1 N–H and O–H groups in total. The molecule has 4 aromatic rings. The highest BCUT2D eigenvalue weighted by Gasteiger charge is 2.48. The number of nitrogens with zero attached hydrogens (tertiary/aromatic N) is 2. The van der Waals surface area contributed by atoms with E-state index in [-0.39, 0.29) is 11.3 Å². The van der Waals surface area contributed by atoms with E-state index in [4.69, 9.17) is 23.9 Å². The van der Waals surface area contributed by atoms with Crippen LogP contribution in [0.3, 0.4) is 0 Å². The third-order valence-electron chi connectivity index (χ3n) is 7.33. The largest absolute Gasteiger partial charge is 0.507 e. The Morgan fingerprint density at radius 2 is 1.79 bits per heavy atom. The van der Waals surface area contributed by atoms with Gasteiger partial charge in [0.15, 0.2) is 28.1 Å². The molecule has 3 heterocycles. The lowest BCUT2D eigenvalue weighted by molar-refractivity contribution is -0.132. The molecule has 0 bridgehead atoms. The van der Waals surface area contributed by atoms with Crippen LogP contribution in [0.4, 0.5) is 5.13 Å². The average Bonchev–Trinajstić information content (AvgIpc) is 3.54. The number of fused-ring (bicyclic) bond motifs is 2. The molecule has 0 spiro atoms. The number of benzene rings is 3. The number of aryl methyl sites for hydroxylation is 2. The van der Waals surface area contributed by atoms with Gasteiger partial charge in [0.1, 0.15) is 19.0 Å². The smallest absolute Gasteiger partial charge is 0.301 e. The zero-order valence-corrected chi connectivity index (χ0v) is 25.2. The van der Waals surface area contributed by atoms with Crippen LogP contribution in [0.15, 0.2) is 54.1 Å². The first-order valence-electron chi connectivity index (χ1n) is 14.3. The summed E-state index contributed by atoms with van der Waals surface area (Å²) in [6, 6.07) is 13.3. The van der Waals surface area contributed by atoms with E-state index >= 15 is 0 Å². The summed E-state index contributed by atoms with van der Waals surface area (Å²) < 4.78 is 24.0. The van der Waals surface area contributed by atoms with Gasteiger partial charge >= 0.3 is 5.91 Å². The van der Waals surface area contributed by atoms with Gasteiger partial charge in [-0.1, -0.05) is 30.4 Å². The zero-order valence-electron chi connectivity index (χ0n) is 24.4. The van der Waals surface area contributed by atoms with E-state index in [1.165, 1.54) is 16.2 Å². The number of hydrogen-bond acceptors (Lipinski definition) is 9. The number of Topliss-reactive ketones (excluding diaryl/α,β-unsaturated/α-hetero) is 1. The minimum absolute atomic E-state index is 0.0569. The van der Waals surface area contributed by atoms with Crippen molar-refractivity contribution in [3.05, 3.63) is 76.4 Å². The number of ketones is 1. The van der Waals surface area contributed by atoms with Gasteiger partial charge < -0.3 is 24.1 Å². The number of amides is 1. The highest BCUT2D eigenvalue weighted by Crippen LogP contribution is 2.47. The van der Waals surface area contributed by atoms with Crippen molar-refractivity contribution in [3.8, 4) is 23.0 Å². The molecule has 2 aliphatic heterocycles. The topological polar surface area (TPSA) is 107 Å². The summed E-state index contributed by atoms with van der Waals surface area (Å²) >= 11 is 1.33. The van der Waals surface area contributed by atoms with Crippen molar-refractivity contribution in [2.45, 2.75) is 40.2 Å². The lowest BCUT2D eigenvalue weighted by Crippen LogP contribution is -2.29. The third-order valence-corrected chi connectivity index (χ3v) is 8.33. The maximum absolute atomic E-state index is 13.8. The van der Waals surface area contributed by atoms with E-state index in [9.17, 15) is 14.7 Å². The number of thiazole rings is 1. The quantitative estimate of drug-likeness (QED) is 0.139. The molecule has 2 aliphatic rings. The lowest BCUT2D eigenvalue weighted by atomic mass is 9.95. The van der Waals surface area contributed by atoms with Crippen LogP contribution in [-0.4, -0.2) is 48.2 Å². The Hall–Kier alpha value is -4.57. The summed E-state index contributed by atoms with van der Waals surface area (Å²) in [7, 11) is 0. The second-order valence-corrected chi connectivity index (χ2v) is 11.4. The number of anilines is 1. The molecule has 0 saturated carbocycles. The molecule has 1 atom stereocenters. The summed E-state index contributed by atoms with van der Waals surface area (Å²) in [5, 5.41) is 12.0. The van der Waals surface area contributed by atoms with E-state index in [1.54, 1.807) is 36.4 Å². The lowest BCUT2D eigenvalue weighted by Gasteiger charge is -2.24. The van der Waals surface area contributed by atoms with Crippen LogP contribution in [0.2, 0.25) is 0 Å². The van der Waals surface area contributed by atoms with Gasteiger partial charge in [0, 0.05) is 5.56 Å². The fraction of sp³-hybridized carbons (Fsp3) is 0.303. The maximum Gasteiger partial charge on any atom is 0.301 e. The summed E-state index contributed by atoms with van der Waals surface area (Å²) in [6.45, 7) is 9.54. The fourth-order valence-electron chi connectivity index (χ4n) is 5.45. The van der Waals surface area contributed by atoms with Gasteiger partial charge in [0.2, 0.25) is 0 Å². The van der Waals surface area contributed by atoms with Crippen LogP contribution in [0.5, 0.6) is 23.0 Å². The molecule has 43 heavy (non-hydrogen) atoms. The fourth-order valence-corrected chi connectivity index (χ4v) is 6.62. The molecule has 3 aromatic carbocycles. The molecule has 0 radical (unpaired) electrons.